The summed E-state index contributed by atoms with van der Waals surface area (Å²) in [7, 11) is -3.85. The van der Waals surface area contributed by atoms with Gasteiger partial charge in [-0.15, -0.1) is 10.2 Å². The molecule has 0 fully saturated rings. The monoisotopic (exact) mass is 479 g/mol. The Hall–Kier alpha value is -3.49. The van der Waals surface area contributed by atoms with Crippen molar-refractivity contribution >= 4 is 33.1 Å². The number of hydrogen-bond acceptors (Lipinski definition) is 6. The van der Waals surface area contributed by atoms with E-state index in [4.69, 9.17) is 16.0 Å². The summed E-state index contributed by atoms with van der Waals surface area (Å²) in [6, 6.07) is 20.1. The van der Waals surface area contributed by atoms with Crippen molar-refractivity contribution in [3.05, 3.63) is 94.8 Å². The Balaban J connectivity index is 1.45. The fourth-order valence-corrected chi connectivity index (χ4v) is 5.53. The Labute approximate surface area is 195 Å². The summed E-state index contributed by atoms with van der Waals surface area (Å²) in [5.74, 6) is -0.611. The topological polar surface area (TPSA) is 93.4 Å². The van der Waals surface area contributed by atoms with Crippen molar-refractivity contribution in [3.8, 4) is 11.5 Å². The number of carbonyl (C=O) groups excluding carboxylic acids is 1. The fraction of sp³-hybridized carbons (Fsp3) is 0.125. The lowest BCUT2D eigenvalue weighted by molar-refractivity contribution is 0.100. The van der Waals surface area contributed by atoms with Crippen LogP contribution in [0.1, 0.15) is 28.2 Å². The van der Waals surface area contributed by atoms with E-state index >= 15 is 0 Å². The van der Waals surface area contributed by atoms with E-state index in [1.807, 2.05) is 18.2 Å². The Kier molecular flexibility index (Phi) is 5.47. The van der Waals surface area contributed by atoms with E-state index in [1.54, 1.807) is 30.3 Å². The highest BCUT2D eigenvalue weighted by atomic mass is 35.5. The van der Waals surface area contributed by atoms with Crippen LogP contribution in [0.4, 0.5) is 5.69 Å². The summed E-state index contributed by atoms with van der Waals surface area (Å²) >= 11 is 5.90. The summed E-state index contributed by atoms with van der Waals surface area (Å²) < 4.78 is 33.8. The number of ketones is 1. The van der Waals surface area contributed by atoms with E-state index in [-0.39, 0.29) is 22.2 Å². The average Bonchev–Trinajstić information content (AvgIpc) is 3.34. The number of aryl methyl sites for hydroxylation is 1. The number of nitrogens with zero attached hydrogens (tertiary/aromatic N) is 3. The lowest BCUT2D eigenvalue weighted by Gasteiger charge is -2.30. The highest BCUT2D eigenvalue weighted by Gasteiger charge is 2.30. The summed E-state index contributed by atoms with van der Waals surface area (Å²) in [6.45, 7) is 0.381. The van der Waals surface area contributed by atoms with E-state index in [9.17, 15) is 13.2 Å². The summed E-state index contributed by atoms with van der Waals surface area (Å²) in [5, 5.41) is 8.33. The molecule has 9 heteroatoms. The van der Waals surface area contributed by atoms with Crippen LogP contribution in [-0.2, 0) is 16.4 Å². The molecule has 1 aliphatic rings. The molecule has 3 aromatic carbocycles. The Morgan fingerprint density at radius 2 is 1.76 bits per heavy atom. The second-order valence-electron chi connectivity index (χ2n) is 7.59. The number of sulfonamides is 1. The van der Waals surface area contributed by atoms with E-state index in [0.29, 0.717) is 22.8 Å². The van der Waals surface area contributed by atoms with Crippen molar-refractivity contribution in [2.75, 3.05) is 10.8 Å². The van der Waals surface area contributed by atoms with Crippen LogP contribution < -0.4 is 4.31 Å². The van der Waals surface area contributed by atoms with Crippen LogP contribution in [0, 0.1) is 0 Å². The second kappa shape index (κ2) is 8.46. The number of anilines is 1. The summed E-state index contributed by atoms with van der Waals surface area (Å²) in [4.78, 5) is 13.0. The first-order chi connectivity index (χ1) is 15.9. The molecule has 1 aromatic heterocycles. The Morgan fingerprint density at radius 1 is 0.970 bits per heavy atom. The summed E-state index contributed by atoms with van der Waals surface area (Å²) in [6.07, 6.45) is 1.55. The first kappa shape index (κ1) is 21.4. The quantitative estimate of drug-likeness (QED) is 0.383. The van der Waals surface area contributed by atoms with Crippen molar-refractivity contribution in [1.29, 1.82) is 0 Å². The van der Waals surface area contributed by atoms with E-state index in [1.165, 1.54) is 28.6 Å². The highest BCUT2D eigenvalue weighted by Crippen LogP contribution is 2.32. The standard InChI is InChI=1S/C24H18ClN3O4S/c25-19-12-10-17(11-13-19)23-26-27-24(32-23)22(29)18-6-3-8-20(15-18)33(30,31)28-14-4-7-16-5-1-2-9-21(16)28/h1-3,5-6,8-13,15H,4,7,14H2. The van der Waals surface area contributed by atoms with Gasteiger partial charge in [0.05, 0.1) is 10.6 Å². The molecule has 0 saturated carbocycles. The number of hydrogen-bond donors (Lipinski definition) is 0. The zero-order chi connectivity index (χ0) is 23.0. The normalized spacial score (nSPS) is 13.5. The number of carbonyl (C=O) groups is 1. The number of aromatic nitrogens is 2. The predicted octanol–water partition coefficient (Wildman–Crippen LogP) is 4.76. The van der Waals surface area contributed by atoms with Gasteiger partial charge in [-0.2, -0.15) is 0 Å². The van der Waals surface area contributed by atoms with Gasteiger partial charge in [-0.05, 0) is 60.9 Å². The van der Waals surface area contributed by atoms with Crippen molar-refractivity contribution in [1.82, 2.24) is 10.2 Å². The minimum atomic E-state index is -3.85. The van der Waals surface area contributed by atoms with Crippen LogP contribution in [0.2, 0.25) is 5.02 Å². The van der Waals surface area contributed by atoms with Crippen LogP contribution in [0.3, 0.4) is 0 Å². The molecule has 0 spiro atoms. The lowest BCUT2D eigenvalue weighted by atomic mass is 10.0. The van der Waals surface area contributed by atoms with Crippen LogP contribution in [0.5, 0.6) is 0 Å². The number of fused-ring (bicyclic) bond motifs is 1. The lowest BCUT2D eigenvalue weighted by Crippen LogP contribution is -2.35. The van der Waals surface area contributed by atoms with E-state index in [2.05, 4.69) is 10.2 Å². The zero-order valence-electron chi connectivity index (χ0n) is 17.3. The van der Waals surface area contributed by atoms with Gasteiger partial charge in [0.15, 0.2) is 0 Å². The largest absolute Gasteiger partial charge is 0.413 e. The van der Waals surface area contributed by atoms with Crippen molar-refractivity contribution < 1.29 is 17.6 Å². The maximum absolute atomic E-state index is 13.4. The molecule has 0 radical (unpaired) electrons. The predicted molar refractivity (Wildman–Crippen MR) is 124 cm³/mol. The van der Waals surface area contributed by atoms with Gasteiger partial charge in [0.2, 0.25) is 11.7 Å². The van der Waals surface area contributed by atoms with Crippen LogP contribution in [-0.4, -0.2) is 30.9 Å². The van der Waals surface area contributed by atoms with Gasteiger partial charge in [0.1, 0.15) is 0 Å². The molecule has 33 heavy (non-hydrogen) atoms. The molecule has 7 nitrogen and oxygen atoms in total. The molecule has 0 atom stereocenters. The summed E-state index contributed by atoms with van der Waals surface area (Å²) in [5.41, 5.74) is 2.42. The maximum atomic E-state index is 13.4. The molecule has 0 amide bonds. The molecule has 4 aromatic rings. The third-order valence-electron chi connectivity index (χ3n) is 5.46. The van der Waals surface area contributed by atoms with Gasteiger partial charge in [0.25, 0.3) is 15.9 Å². The van der Waals surface area contributed by atoms with Crippen LogP contribution in [0.15, 0.2) is 82.1 Å². The smallest absolute Gasteiger partial charge is 0.289 e. The SMILES string of the molecule is O=C(c1cccc(S(=O)(=O)N2CCCc3ccccc32)c1)c1nnc(-c2ccc(Cl)cc2)o1. The molecular weight excluding hydrogens is 462 g/mol. The van der Waals surface area contributed by atoms with Crippen molar-refractivity contribution in [2.24, 2.45) is 0 Å². The minimum absolute atomic E-state index is 0.0301. The van der Waals surface area contributed by atoms with Gasteiger partial charge in [-0.25, -0.2) is 8.42 Å². The second-order valence-corrected chi connectivity index (χ2v) is 9.88. The van der Waals surface area contributed by atoms with Gasteiger partial charge >= 0.3 is 0 Å². The third kappa shape index (κ3) is 4.03. The van der Waals surface area contributed by atoms with Crippen molar-refractivity contribution in [2.45, 2.75) is 17.7 Å². The molecule has 5 rings (SSSR count). The minimum Gasteiger partial charge on any atom is -0.413 e. The molecule has 0 aliphatic carbocycles. The van der Waals surface area contributed by atoms with Gasteiger partial charge in [-0.3, -0.25) is 9.10 Å². The first-order valence-electron chi connectivity index (χ1n) is 10.3. The fourth-order valence-electron chi connectivity index (χ4n) is 3.82. The molecule has 0 bridgehead atoms. The van der Waals surface area contributed by atoms with Gasteiger partial charge in [-0.1, -0.05) is 41.9 Å². The molecule has 0 saturated heterocycles. The zero-order valence-corrected chi connectivity index (χ0v) is 18.9. The molecule has 0 N–H and O–H groups in total. The van der Waals surface area contributed by atoms with Crippen LogP contribution in [0.25, 0.3) is 11.5 Å². The molecule has 2 heterocycles. The molecule has 1 aliphatic heterocycles. The number of benzene rings is 3. The Morgan fingerprint density at radius 3 is 2.58 bits per heavy atom. The third-order valence-corrected chi connectivity index (χ3v) is 7.52. The number of para-hydroxylation sites is 1. The Bertz CT molecular complexity index is 1450. The maximum Gasteiger partial charge on any atom is 0.289 e. The van der Waals surface area contributed by atoms with Gasteiger partial charge < -0.3 is 4.42 Å². The van der Waals surface area contributed by atoms with Gasteiger partial charge in [0, 0.05) is 22.7 Å². The number of rotatable bonds is 5. The van der Waals surface area contributed by atoms with E-state index in [0.717, 1.165) is 18.4 Å². The van der Waals surface area contributed by atoms with Crippen molar-refractivity contribution in [3.63, 3.8) is 0 Å². The average molecular weight is 480 g/mol. The van der Waals surface area contributed by atoms with E-state index < -0.39 is 15.8 Å². The highest BCUT2D eigenvalue weighted by molar-refractivity contribution is 7.92. The molecular formula is C24H18ClN3O4S. The number of halogens is 1. The van der Waals surface area contributed by atoms with Crippen LogP contribution >= 0.6 is 11.6 Å². The molecule has 0 unspecified atom stereocenters. The first-order valence-corrected chi connectivity index (χ1v) is 12.1. The molecule has 166 valence electrons.